The van der Waals surface area contributed by atoms with E-state index < -0.39 is 24.0 Å². The smallest absolute Gasteiger partial charge is 0.331 e. The van der Waals surface area contributed by atoms with Gasteiger partial charge in [0.1, 0.15) is 12.0 Å². The first kappa shape index (κ1) is 17.2. The monoisotopic (exact) mass is 318 g/mol. The van der Waals surface area contributed by atoms with Gasteiger partial charge in [0, 0.05) is 12.0 Å². The van der Waals surface area contributed by atoms with E-state index in [0.717, 1.165) is 5.56 Å². The Morgan fingerprint density at radius 3 is 2.65 bits per heavy atom. The Kier molecular flexibility index (Phi) is 5.93. The minimum atomic E-state index is -0.576. The lowest BCUT2D eigenvalue weighted by Gasteiger charge is -2.32. The lowest BCUT2D eigenvalue weighted by Crippen LogP contribution is -2.42. The summed E-state index contributed by atoms with van der Waals surface area (Å²) in [6.45, 7) is 4.50. The highest BCUT2D eigenvalue weighted by atomic mass is 16.6. The maximum atomic E-state index is 12.0. The molecule has 2 rings (SSSR count). The van der Waals surface area contributed by atoms with Crippen LogP contribution in [-0.2, 0) is 30.4 Å². The molecule has 23 heavy (non-hydrogen) atoms. The van der Waals surface area contributed by atoms with Gasteiger partial charge in [-0.3, -0.25) is 4.79 Å². The normalized spacial score (nSPS) is 22.0. The van der Waals surface area contributed by atoms with Gasteiger partial charge in [0.2, 0.25) is 0 Å². The molecule has 1 aromatic carbocycles. The Morgan fingerprint density at radius 2 is 2.00 bits per heavy atom. The summed E-state index contributed by atoms with van der Waals surface area (Å²) in [5, 5.41) is 0. The van der Waals surface area contributed by atoms with Crippen LogP contribution in [0.5, 0.6) is 0 Å². The number of ether oxygens (including phenoxy) is 3. The van der Waals surface area contributed by atoms with Gasteiger partial charge in [-0.05, 0) is 18.1 Å². The first-order chi connectivity index (χ1) is 11.0. The van der Waals surface area contributed by atoms with E-state index in [1.165, 1.54) is 13.2 Å². The Balaban J connectivity index is 1.98. The number of hydrogen-bond acceptors (Lipinski definition) is 5. The quantitative estimate of drug-likeness (QED) is 0.754. The van der Waals surface area contributed by atoms with E-state index in [4.69, 9.17) is 14.2 Å². The second-order valence-electron chi connectivity index (χ2n) is 5.77. The molecule has 0 fully saturated rings. The maximum absolute atomic E-state index is 12.0. The van der Waals surface area contributed by atoms with E-state index in [9.17, 15) is 9.59 Å². The summed E-state index contributed by atoms with van der Waals surface area (Å²) in [5.41, 5.74) is 1.73. The Morgan fingerprint density at radius 1 is 1.30 bits per heavy atom. The van der Waals surface area contributed by atoms with Crippen LogP contribution in [0.4, 0.5) is 0 Å². The van der Waals surface area contributed by atoms with Crippen molar-refractivity contribution in [3.63, 3.8) is 0 Å². The van der Waals surface area contributed by atoms with Crippen molar-refractivity contribution in [2.24, 2.45) is 11.8 Å². The predicted molar refractivity (Wildman–Crippen MR) is 84.4 cm³/mol. The molecule has 0 N–H and O–H groups in total. The molecule has 0 bridgehead atoms. The van der Waals surface area contributed by atoms with Gasteiger partial charge in [-0.2, -0.15) is 0 Å². The number of hydrogen-bond donors (Lipinski definition) is 0. The van der Waals surface area contributed by atoms with E-state index in [-0.39, 0.29) is 5.92 Å². The van der Waals surface area contributed by atoms with Gasteiger partial charge in [0.25, 0.3) is 0 Å². The molecule has 5 nitrogen and oxygen atoms in total. The van der Waals surface area contributed by atoms with Crippen LogP contribution in [0.25, 0.3) is 0 Å². The van der Waals surface area contributed by atoms with Crippen molar-refractivity contribution >= 4 is 11.9 Å². The molecular formula is C18H22O5. The van der Waals surface area contributed by atoms with Crippen LogP contribution < -0.4 is 0 Å². The van der Waals surface area contributed by atoms with Crippen molar-refractivity contribution in [3.05, 3.63) is 47.5 Å². The highest BCUT2D eigenvalue weighted by Crippen LogP contribution is 2.29. The Bertz CT molecular complexity index is 578. The molecule has 0 saturated heterocycles. The minimum Gasteiger partial charge on any atom is -0.468 e. The number of rotatable bonds is 6. The second kappa shape index (κ2) is 7.92. The Labute approximate surface area is 136 Å². The van der Waals surface area contributed by atoms with Crippen LogP contribution in [0.3, 0.4) is 0 Å². The van der Waals surface area contributed by atoms with E-state index in [1.54, 1.807) is 6.92 Å². The molecule has 5 heteroatoms. The highest BCUT2D eigenvalue weighted by Gasteiger charge is 2.40. The van der Waals surface area contributed by atoms with Crippen molar-refractivity contribution in [2.45, 2.75) is 26.6 Å². The molecule has 1 aromatic rings. The van der Waals surface area contributed by atoms with Crippen LogP contribution in [0.2, 0.25) is 0 Å². The van der Waals surface area contributed by atoms with Gasteiger partial charge in [-0.15, -0.1) is 0 Å². The van der Waals surface area contributed by atoms with Crippen molar-refractivity contribution in [3.8, 4) is 0 Å². The largest absolute Gasteiger partial charge is 0.468 e. The number of esters is 2. The fourth-order valence-corrected chi connectivity index (χ4v) is 2.69. The standard InChI is InChI=1S/C18H22O5/c1-12-9-15(19)23-17(16(12)18(20)21-3)13(2)10-22-11-14-7-5-4-6-8-14/h4-9,13,16-17H,10-11H2,1-3H3/t13-,16+,17+/m0/s1. The minimum absolute atomic E-state index is 0.129. The van der Waals surface area contributed by atoms with Crippen LogP contribution in [-0.4, -0.2) is 31.8 Å². The molecule has 1 heterocycles. The van der Waals surface area contributed by atoms with Crippen molar-refractivity contribution in [1.29, 1.82) is 0 Å². The van der Waals surface area contributed by atoms with Crippen molar-refractivity contribution < 1.29 is 23.8 Å². The number of methoxy groups -OCH3 is 1. The summed E-state index contributed by atoms with van der Waals surface area (Å²) in [6, 6.07) is 9.81. The molecule has 0 unspecified atom stereocenters. The molecule has 124 valence electrons. The predicted octanol–water partition coefficient (Wildman–Crippen LogP) is 2.50. The lowest BCUT2D eigenvalue weighted by molar-refractivity contribution is -0.162. The first-order valence-electron chi connectivity index (χ1n) is 7.61. The van der Waals surface area contributed by atoms with Gasteiger partial charge in [0.15, 0.2) is 0 Å². The molecule has 0 aromatic heterocycles. The van der Waals surface area contributed by atoms with Crippen LogP contribution in [0, 0.1) is 11.8 Å². The third-order valence-corrected chi connectivity index (χ3v) is 3.93. The van der Waals surface area contributed by atoms with Crippen molar-refractivity contribution in [2.75, 3.05) is 13.7 Å². The summed E-state index contributed by atoms with van der Waals surface area (Å²) in [4.78, 5) is 23.6. The second-order valence-corrected chi connectivity index (χ2v) is 5.77. The van der Waals surface area contributed by atoms with E-state index in [2.05, 4.69) is 0 Å². The highest BCUT2D eigenvalue weighted by molar-refractivity contribution is 5.88. The third kappa shape index (κ3) is 4.42. The zero-order valence-corrected chi connectivity index (χ0v) is 13.7. The van der Waals surface area contributed by atoms with Crippen LogP contribution in [0.1, 0.15) is 19.4 Å². The summed E-state index contributed by atoms with van der Waals surface area (Å²) in [7, 11) is 1.33. The number of cyclic esters (lactones) is 1. The van der Waals surface area contributed by atoms with Gasteiger partial charge < -0.3 is 14.2 Å². The van der Waals surface area contributed by atoms with E-state index >= 15 is 0 Å². The zero-order chi connectivity index (χ0) is 16.8. The third-order valence-electron chi connectivity index (χ3n) is 3.93. The molecule has 0 amide bonds. The molecule has 0 aliphatic carbocycles. The summed E-state index contributed by atoms with van der Waals surface area (Å²) >= 11 is 0. The van der Waals surface area contributed by atoms with Gasteiger partial charge in [0.05, 0.1) is 20.3 Å². The van der Waals surface area contributed by atoms with Crippen molar-refractivity contribution in [1.82, 2.24) is 0 Å². The molecule has 3 atom stereocenters. The first-order valence-corrected chi connectivity index (χ1v) is 7.61. The van der Waals surface area contributed by atoms with Gasteiger partial charge in [-0.25, -0.2) is 4.79 Å². The maximum Gasteiger partial charge on any atom is 0.331 e. The molecular weight excluding hydrogens is 296 g/mol. The fourth-order valence-electron chi connectivity index (χ4n) is 2.69. The van der Waals surface area contributed by atoms with Gasteiger partial charge >= 0.3 is 11.9 Å². The SMILES string of the molecule is COC(=O)[C@@H]1C(C)=CC(=O)O[C@@H]1[C@@H](C)COCc1ccccc1. The number of carbonyl (C=O) groups is 2. The zero-order valence-electron chi connectivity index (χ0n) is 13.7. The average Bonchev–Trinajstić information content (AvgIpc) is 2.54. The summed E-state index contributed by atoms with van der Waals surface area (Å²) in [6.07, 6.45) is 0.769. The summed E-state index contributed by atoms with van der Waals surface area (Å²) < 4.78 is 15.9. The summed E-state index contributed by atoms with van der Waals surface area (Å²) in [5.74, 6) is -1.53. The van der Waals surface area contributed by atoms with E-state index in [1.807, 2.05) is 37.3 Å². The van der Waals surface area contributed by atoms with Crippen LogP contribution >= 0.6 is 0 Å². The average molecular weight is 318 g/mol. The van der Waals surface area contributed by atoms with Gasteiger partial charge in [-0.1, -0.05) is 37.3 Å². The Hall–Kier alpha value is -2.14. The molecule has 0 spiro atoms. The fraction of sp³-hybridized carbons (Fsp3) is 0.444. The number of benzene rings is 1. The van der Waals surface area contributed by atoms with E-state index in [0.29, 0.717) is 18.8 Å². The molecule has 1 aliphatic heterocycles. The molecule has 0 saturated carbocycles. The number of carbonyl (C=O) groups excluding carboxylic acids is 2. The topological polar surface area (TPSA) is 61.8 Å². The molecule has 0 radical (unpaired) electrons. The van der Waals surface area contributed by atoms with Crippen LogP contribution in [0.15, 0.2) is 42.0 Å². The molecule has 1 aliphatic rings. The lowest BCUT2D eigenvalue weighted by atomic mass is 9.85.